The van der Waals surface area contributed by atoms with Crippen molar-refractivity contribution in [1.29, 1.82) is 0 Å². The highest BCUT2D eigenvalue weighted by Gasteiger charge is 2.29. The molecule has 0 radical (unpaired) electrons. The predicted molar refractivity (Wildman–Crippen MR) is 135 cm³/mol. The van der Waals surface area contributed by atoms with Gasteiger partial charge in [-0.05, 0) is 74.2 Å². The number of piperidine rings is 1. The zero-order valence-electron chi connectivity index (χ0n) is 19.7. The fourth-order valence-electron chi connectivity index (χ4n) is 4.49. The van der Waals surface area contributed by atoms with Crippen molar-refractivity contribution < 1.29 is 17.6 Å². The Morgan fingerprint density at radius 2 is 1.77 bits per heavy atom. The number of aromatic nitrogens is 1. The maximum Gasteiger partial charge on any atom is 0.261 e. The molecule has 2 heterocycles. The minimum absolute atomic E-state index is 0.0642. The van der Waals surface area contributed by atoms with Gasteiger partial charge >= 0.3 is 0 Å². The summed E-state index contributed by atoms with van der Waals surface area (Å²) in [7, 11) is -3.83. The average Bonchev–Trinajstić information content (AvgIpc) is 3.28. The quantitative estimate of drug-likeness (QED) is 0.413. The van der Waals surface area contributed by atoms with Crippen LogP contribution in [0.4, 0.5) is 5.69 Å². The number of sulfonamides is 1. The fourth-order valence-corrected chi connectivity index (χ4v) is 5.56. The van der Waals surface area contributed by atoms with Crippen LogP contribution in [-0.2, 0) is 10.0 Å². The molecule has 5 rings (SSSR count). The minimum atomic E-state index is -3.83. The van der Waals surface area contributed by atoms with E-state index in [0.717, 1.165) is 35.1 Å². The number of carbonyl (C=O) groups is 1. The highest BCUT2D eigenvalue weighted by Crippen LogP contribution is 2.31. The number of nitrogens with zero attached hydrogens (tertiary/aromatic N) is 2. The van der Waals surface area contributed by atoms with Crippen molar-refractivity contribution >= 4 is 32.7 Å². The molecule has 0 bridgehead atoms. The number of amides is 1. The van der Waals surface area contributed by atoms with Crippen LogP contribution in [0.5, 0.6) is 0 Å². The number of hydrogen-bond donors (Lipinski definition) is 1. The second-order valence-corrected chi connectivity index (χ2v) is 10.7. The van der Waals surface area contributed by atoms with Gasteiger partial charge in [-0.25, -0.2) is 13.4 Å². The summed E-state index contributed by atoms with van der Waals surface area (Å²) < 4.78 is 34.5. The molecule has 0 saturated carbocycles. The Kier molecular flexibility index (Phi) is 6.06. The number of fused-ring (bicyclic) bond motifs is 1. The number of benzene rings is 3. The molecule has 0 aliphatic carbocycles. The van der Waals surface area contributed by atoms with Crippen molar-refractivity contribution in [3.8, 4) is 0 Å². The number of para-hydroxylation sites is 2. The molecule has 1 saturated heterocycles. The second-order valence-electron chi connectivity index (χ2n) is 9.04. The summed E-state index contributed by atoms with van der Waals surface area (Å²) in [5, 5.41) is 0. The van der Waals surface area contributed by atoms with Crippen molar-refractivity contribution in [1.82, 2.24) is 9.88 Å². The van der Waals surface area contributed by atoms with Crippen molar-refractivity contribution in [3.63, 3.8) is 0 Å². The van der Waals surface area contributed by atoms with Gasteiger partial charge < -0.3 is 9.32 Å². The third kappa shape index (κ3) is 4.79. The van der Waals surface area contributed by atoms with Crippen LogP contribution in [0, 0.1) is 13.8 Å². The number of nitrogens with one attached hydrogen (secondary N) is 1. The van der Waals surface area contributed by atoms with Gasteiger partial charge in [0, 0.05) is 30.3 Å². The van der Waals surface area contributed by atoms with Gasteiger partial charge in [-0.1, -0.05) is 30.3 Å². The van der Waals surface area contributed by atoms with Crippen LogP contribution in [0.1, 0.15) is 46.1 Å². The van der Waals surface area contributed by atoms with Crippen molar-refractivity contribution in [2.45, 2.75) is 37.5 Å². The number of carbonyl (C=O) groups excluding carboxylic acids is 1. The molecule has 1 aromatic heterocycles. The van der Waals surface area contributed by atoms with Crippen LogP contribution >= 0.6 is 0 Å². The summed E-state index contributed by atoms with van der Waals surface area (Å²) >= 11 is 0. The fraction of sp³-hybridized carbons (Fsp3) is 0.259. The van der Waals surface area contributed by atoms with Gasteiger partial charge in [-0.2, -0.15) is 0 Å². The Bertz CT molecular complexity index is 1470. The van der Waals surface area contributed by atoms with Gasteiger partial charge in [0.15, 0.2) is 11.5 Å². The molecule has 180 valence electrons. The summed E-state index contributed by atoms with van der Waals surface area (Å²) in [4.78, 5) is 19.8. The van der Waals surface area contributed by atoms with Crippen LogP contribution in [0.3, 0.4) is 0 Å². The van der Waals surface area contributed by atoms with Gasteiger partial charge in [0.05, 0.1) is 4.90 Å². The van der Waals surface area contributed by atoms with Gasteiger partial charge in [-0.15, -0.1) is 0 Å². The van der Waals surface area contributed by atoms with E-state index in [9.17, 15) is 13.2 Å². The molecule has 0 atom stereocenters. The first-order valence-corrected chi connectivity index (χ1v) is 13.1. The third-order valence-electron chi connectivity index (χ3n) is 6.46. The number of aryl methyl sites for hydroxylation is 2. The molecule has 3 aromatic carbocycles. The lowest BCUT2D eigenvalue weighted by atomic mass is 9.96. The van der Waals surface area contributed by atoms with E-state index in [2.05, 4.69) is 9.71 Å². The summed E-state index contributed by atoms with van der Waals surface area (Å²) in [5.41, 5.74) is 4.19. The smallest absolute Gasteiger partial charge is 0.261 e. The van der Waals surface area contributed by atoms with Gasteiger partial charge in [0.2, 0.25) is 0 Å². The normalized spacial score (nSPS) is 14.9. The summed E-state index contributed by atoms with van der Waals surface area (Å²) in [5.74, 6) is 0.703. The van der Waals surface area contributed by atoms with E-state index in [1.807, 2.05) is 44.2 Å². The van der Waals surface area contributed by atoms with E-state index >= 15 is 0 Å². The van der Waals surface area contributed by atoms with Crippen LogP contribution in [-0.4, -0.2) is 37.3 Å². The molecule has 1 amide bonds. The van der Waals surface area contributed by atoms with Crippen molar-refractivity contribution in [2.75, 3.05) is 17.8 Å². The molecule has 1 aliphatic heterocycles. The molecular formula is C27H27N3O4S. The SMILES string of the molecule is Cc1cccc(NS(=O)(=O)c2ccc(C)c(C(=O)N3CCC(c4nc5ccccc5o4)CC3)c2)c1. The maximum atomic E-state index is 13.4. The van der Waals surface area contributed by atoms with E-state index in [0.29, 0.717) is 30.2 Å². The topological polar surface area (TPSA) is 92.5 Å². The first-order valence-electron chi connectivity index (χ1n) is 11.6. The maximum absolute atomic E-state index is 13.4. The van der Waals surface area contributed by atoms with Crippen LogP contribution in [0.15, 0.2) is 76.0 Å². The molecule has 0 unspecified atom stereocenters. The Morgan fingerprint density at radius 1 is 1.00 bits per heavy atom. The second kappa shape index (κ2) is 9.19. The largest absolute Gasteiger partial charge is 0.440 e. The lowest BCUT2D eigenvalue weighted by Gasteiger charge is -2.31. The molecule has 0 spiro atoms. The lowest BCUT2D eigenvalue weighted by Crippen LogP contribution is -2.38. The number of likely N-dealkylation sites (tertiary alicyclic amines) is 1. The van der Waals surface area contributed by atoms with Crippen molar-refractivity contribution in [3.05, 3.63) is 89.3 Å². The Morgan fingerprint density at radius 3 is 2.51 bits per heavy atom. The van der Waals surface area contributed by atoms with E-state index in [-0.39, 0.29) is 16.7 Å². The molecular weight excluding hydrogens is 462 g/mol. The molecule has 35 heavy (non-hydrogen) atoms. The monoisotopic (exact) mass is 489 g/mol. The first-order chi connectivity index (χ1) is 16.8. The Labute approximate surface area is 204 Å². The summed E-state index contributed by atoms with van der Waals surface area (Å²) in [6, 6.07) is 19.5. The highest BCUT2D eigenvalue weighted by atomic mass is 32.2. The number of anilines is 1. The molecule has 1 aliphatic rings. The molecule has 1 fully saturated rings. The molecule has 7 nitrogen and oxygen atoms in total. The van der Waals surface area contributed by atoms with E-state index in [1.165, 1.54) is 12.1 Å². The van der Waals surface area contributed by atoms with Crippen LogP contribution < -0.4 is 4.72 Å². The Balaban J connectivity index is 1.31. The van der Waals surface area contributed by atoms with E-state index in [1.54, 1.807) is 29.2 Å². The third-order valence-corrected chi connectivity index (χ3v) is 7.84. The Hall–Kier alpha value is -3.65. The molecule has 4 aromatic rings. The van der Waals surface area contributed by atoms with Crippen LogP contribution in [0.2, 0.25) is 0 Å². The number of hydrogen-bond acceptors (Lipinski definition) is 5. The highest BCUT2D eigenvalue weighted by molar-refractivity contribution is 7.92. The van der Waals surface area contributed by atoms with Gasteiger partial charge in [0.25, 0.3) is 15.9 Å². The zero-order valence-corrected chi connectivity index (χ0v) is 20.5. The van der Waals surface area contributed by atoms with Gasteiger partial charge in [0.1, 0.15) is 5.52 Å². The summed E-state index contributed by atoms with van der Waals surface area (Å²) in [6.45, 7) is 4.83. The zero-order chi connectivity index (χ0) is 24.6. The predicted octanol–water partition coefficient (Wildman–Crippen LogP) is 5.27. The molecule has 1 N–H and O–H groups in total. The van der Waals surface area contributed by atoms with Crippen molar-refractivity contribution in [2.24, 2.45) is 0 Å². The lowest BCUT2D eigenvalue weighted by molar-refractivity contribution is 0.0705. The minimum Gasteiger partial charge on any atom is -0.440 e. The van der Waals surface area contributed by atoms with E-state index < -0.39 is 10.0 Å². The average molecular weight is 490 g/mol. The standard InChI is InChI=1S/C27H27N3O4S/c1-18-6-5-7-21(16-18)29-35(32,33)22-11-10-19(2)23(17-22)27(31)30-14-12-20(13-15-30)26-28-24-8-3-4-9-25(24)34-26/h3-11,16-17,20,29H,12-15H2,1-2H3. The number of rotatable bonds is 5. The first kappa shape index (κ1) is 23.1. The van der Waals surface area contributed by atoms with E-state index in [4.69, 9.17) is 4.42 Å². The summed E-state index contributed by atoms with van der Waals surface area (Å²) in [6.07, 6.45) is 1.48. The van der Waals surface area contributed by atoms with Gasteiger partial charge in [-0.3, -0.25) is 9.52 Å². The number of oxazole rings is 1. The molecule has 8 heteroatoms. The van der Waals surface area contributed by atoms with Crippen LogP contribution in [0.25, 0.3) is 11.1 Å².